The first kappa shape index (κ1) is 18.9. The predicted molar refractivity (Wildman–Crippen MR) is 115 cm³/mol. The molecular weight excluding hydrogens is 436 g/mol. The molecule has 0 unspecified atom stereocenters. The maximum atomic E-state index is 13.4. The molecule has 0 radical (unpaired) electrons. The van der Waals surface area contributed by atoms with Crippen molar-refractivity contribution in [3.05, 3.63) is 100 Å². The first-order valence-corrected chi connectivity index (χ1v) is 11.2. The summed E-state index contributed by atoms with van der Waals surface area (Å²) in [5, 5.41) is 4.56. The Morgan fingerprint density at radius 3 is 2.21 bits per heavy atom. The second kappa shape index (κ2) is 7.53. The van der Waals surface area contributed by atoms with E-state index in [1.165, 1.54) is 4.41 Å². The Kier molecular flexibility index (Phi) is 5.08. The molecule has 1 atom stereocenters. The quantitative estimate of drug-likeness (QED) is 0.536. The lowest BCUT2D eigenvalue weighted by molar-refractivity contribution is 0.371. The summed E-state index contributed by atoms with van der Waals surface area (Å²) in [6, 6.07) is 24.0. The van der Waals surface area contributed by atoms with Gasteiger partial charge in [-0.3, -0.25) is 0 Å². The lowest BCUT2D eigenvalue weighted by atomic mass is 9.99. The average Bonchev–Trinajstić information content (AvgIpc) is 3.16. The van der Waals surface area contributed by atoms with Gasteiger partial charge >= 0.3 is 0 Å². The maximum absolute atomic E-state index is 13.4. The van der Waals surface area contributed by atoms with Gasteiger partial charge in [0.05, 0.1) is 16.6 Å². The van der Waals surface area contributed by atoms with Gasteiger partial charge in [0.25, 0.3) is 10.0 Å². The number of sulfonamides is 1. The van der Waals surface area contributed by atoms with Crippen LogP contribution in [0.25, 0.3) is 0 Å². The molecule has 3 aromatic rings. The summed E-state index contributed by atoms with van der Waals surface area (Å²) < 4.78 is 29.0. The normalized spacial score (nSPS) is 16.9. The summed E-state index contributed by atoms with van der Waals surface area (Å²) in [4.78, 5) is 0.248. The van der Waals surface area contributed by atoms with Gasteiger partial charge in [-0.1, -0.05) is 76.1 Å². The van der Waals surface area contributed by atoms with Crippen molar-refractivity contribution >= 4 is 31.7 Å². The highest BCUT2D eigenvalue weighted by atomic mass is 79.9. The Bertz CT molecular complexity index is 1110. The van der Waals surface area contributed by atoms with Crippen molar-refractivity contribution < 1.29 is 8.42 Å². The SMILES string of the molecule is Cc1ccc(S(=O)(=O)N2N=C(c3ccccc3)C[C@H]2c2ccc(Br)cc2)cc1. The van der Waals surface area contributed by atoms with Crippen molar-refractivity contribution in [1.29, 1.82) is 0 Å². The van der Waals surface area contributed by atoms with Gasteiger partial charge < -0.3 is 0 Å². The summed E-state index contributed by atoms with van der Waals surface area (Å²) >= 11 is 3.44. The van der Waals surface area contributed by atoms with E-state index in [9.17, 15) is 8.42 Å². The van der Waals surface area contributed by atoms with Gasteiger partial charge in [-0.15, -0.1) is 0 Å². The highest BCUT2D eigenvalue weighted by Crippen LogP contribution is 2.37. The van der Waals surface area contributed by atoms with Crippen LogP contribution in [0.5, 0.6) is 0 Å². The minimum atomic E-state index is -3.77. The fraction of sp³-hybridized carbons (Fsp3) is 0.136. The number of halogens is 1. The number of aryl methyl sites for hydroxylation is 1. The van der Waals surface area contributed by atoms with Gasteiger partial charge in [0.1, 0.15) is 0 Å². The van der Waals surface area contributed by atoms with Crippen LogP contribution in [0.1, 0.15) is 29.2 Å². The van der Waals surface area contributed by atoms with Crippen LogP contribution in [0, 0.1) is 6.92 Å². The molecule has 6 heteroatoms. The lowest BCUT2D eigenvalue weighted by Crippen LogP contribution is -2.27. The van der Waals surface area contributed by atoms with E-state index in [4.69, 9.17) is 0 Å². The average molecular weight is 455 g/mol. The third-order valence-corrected chi connectivity index (χ3v) is 7.02. The zero-order chi connectivity index (χ0) is 19.7. The lowest BCUT2D eigenvalue weighted by Gasteiger charge is -2.23. The van der Waals surface area contributed by atoms with Crippen molar-refractivity contribution in [1.82, 2.24) is 4.41 Å². The molecule has 4 rings (SSSR count). The third-order valence-electron chi connectivity index (χ3n) is 4.80. The Balaban J connectivity index is 1.79. The molecule has 0 saturated heterocycles. The molecule has 28 heavy (non-hydrogen) atoms. The predicted octanol–water partition coefficient (Wildman–Crippen LogP) is 5.30. The summed E-state index contributed by atoms with van der Waals surface area (Å²) in [5.74, 6) is 0. The van der Waals surface area contributed by atoms with Gasteiger partial charge in [-0.25, -0.2) is 0 Å². The van der Waals surface area contributed by atoms with Crippen LogP contribution in [-0.2, 0) is 10.0 Å². The zero-order valence-electron chi connectivity index (χ0n) is 15.3. The van der Waals surface area contributed by atoms with Gasteiger partial charge in [-0.2, -0.15) is 17.9 Å². The number of nitrogens with zero attached hydrogens (tertiary/aromatic N) is 2. The molecule has 142 valence electrons. The van der Waals surface area contributed by atoms with Crippen molar-refractivity contribution in [2.24, 2.45) is 5.10 Å². The summed E-state index contributed by atoms with van der Waals surface area (Å²) in [6.07, 6.45) is 0.525. The highest BCUT2D eigenvalue weighted by molar-refractivity contribution is 9.10. The van der Waals surface area contributed by atoms with Crippen molar-refractivity contribution in [2.45, 2.75) is 24.3 Å². The largest absolute Gasteiger partial charge is 0.279 e. The molecule has 0 amide bonds. The molecule has 1 aliphatic rings. The first-order chi connectivity index (χ1) is 13.4. The number of hydrogen-bond donors (Lipinski definition) is 0. The van der Waals surface area contributed by atoms with E-state index in [-0.39, 0.29) is 10.9 Å². The molecule has 0 bridgehead atoms. The molecule has 0 aromatic heterocycles. The maximum Gasteiger partial charge on any atom is 0.279 e. The van der Waals surface area contributed by atoms with Crippen molar-refractivity contribution in [2.75, 3.05) is 0 Å². The molecule has 3 aromatic carbocycles. The molecule has 0 N–H and O–H groups in total. The number of hydrogen-bond acceptors (Lipinski definition) is 3. The Hall–Kier alpha value is -2.44. The van der Waals surface area contributed by atoms with E-state index in [1.807, 2.05) is 61.5 Å². The van der Waals surface area contributed by atoms with Crippen LogP contribution in [-0.4, -0.2) is 18.5 Å². The Morgan fingerprint density at radius 1 is 0.929 bits per heavy atom. The van der Waals surface area contributed by atoms with Gasteiger partial charge in [0.2, 0.25) is 0 Å². The van der Waals surface area contributed by atoms with Crippen LogP contribution in [0.2, 0.25) is 0 Å². The molecule has 1 heterocycles. The zero-order valence-corrected chi connectivity index (χ0v) is 17.7. The molecule has 4 nitrogen and oxygen atoms in total. The highest BCUT2D eigenvalue weighted by Gasteiger charge is 2.37. The van der Waals surface area contributed by atoms with Gasteiger partial charge in [-0.05, 0) is 42.3 Å². The van der Waals surface area contributed by atoms with E-state index in [1.54, 1.807) is 24.3 Å². The molecule has 0 saturated carbocycles. The molecule has 1 aliphatic heterocycles. The first-order valence-electron chi connectivity index (χ1n) is 8.94. The van der Waals surface area contributed by atoms with E-state index < -0.39 is 10.0 Å². The second-order valence-corrected chi connectivity index (χ2v) is 9.49. The van der Waals surface area contributed by atoms with Crippen molar-refractivity contribution in [3.63, 3.8) is 0 Å². The molecule has 0 spiro atoms. The third kappa shape index (κ3) is 3.62. The number of benzene rings is 3. The minimum absolute atomic E-state index is 0.248. The van der Waals surface area contributed by atoms with Crippen LogP contribution in [0.4, 0.5) is 0 Å². The van der Waals surface area contributed by atoms with E-state index >= 15 is 0 Å². The standard InChI is InChI=1S/C22H19BrN2O2S/c1-16-7-13-20(14-8-16)28(26,27)25-22(18-9-11-19(23)12-10-18)15-21(24-25)17-5-3-2-4-6-17/h2-14,22H,15H2,1H3/t22-/m0/s1. The fourth-order valence-corrected chi connectivity index (χ4v) is 4.96. The van der Waals surface area contributed by atoms with Crippen LogP contribution in [0.15, 0.2) is 93.3 Å². The summed E-state index contributed by atoms with van der Waals surface area (Å²) in [6.45, 7) is 1.93. The van der Waals surface area contributed by atoms with Crippen LogP contribution in [0.3, 0.4) is 0 Å². The minimum Gasteiger partial charge on any atom is -0.200 e. The Morgan fingerprint density at radius 2 is 1.57 bits per heavy atom. The van der Waals surface area contributed by atoms with Gasteiger partial charge in [0, 0.05) is 10.9 Å². The fourth-order valence-electron chi connectivity index (χ4n) is 3.27. The van der Waals surface area contributed by atoms with E-state index in [0.29, 0.717) is 6.42 Å². The van der Waals surface area contributed by atoms with Crippen molar-refractivity contribution in [3.8, 4) is 0 Å². The smallest absolute Gasteiger partial charge is 0.200 e. The van der Waals surface area contributed by atoms with Gasteiger partial charge in [0.15, 0.2) is 0 Å². The number of hydrazone groups is 1. The molecular formula is C22H19BrN2O2S. The van der Waals surface area contributed by atoms with Crippen LogP contribution < -0.4 is 0 Å². The summed E-state index contributed by atoms with van der Waals surface area (Å²) in [7, 11) is -3.77. The van der Waals surface area contributed by atoms with E-state index in [2.05, 4.69) is 21.0 Å². The Labute approximate surface area is 173 Å². The molecule has 0 aliphatic carbocycles. The van der Waals surface area contributed by atoms with E-state index in [0.717, 1.165) is 26.9 Å². The van der Waals surface area contributed by atoms with Crippen LogP contribution >= 0.6 is 15.9 Å². The number of rotatable bonds is 4. The topological polar surface area (TPSA) is 49.7 Å². The second-order valence-electron chi connectivity index (χ2n) is 6.77. The summed E-state index contributed by atoms with van der Waals surface area (Å²) in [5.41, 5.74) is 3.63. The monoisotopic (exact) mass is 454 g/mol. The molecule has 0 fully saturated rings.